The van der Waals surface area contributed by atoms with Crippen molar-refractivity contribution in [3.8, 4) is 5.75 Å². The molecule has 1 saturated heterocycles. The third-order valence-electron chi connectivity index (χ3n) is 7.29. The van der Waals surface area contributed by atoms with Gasteiger partial charge >= 0.3 is 5.97 Å². The maximum absolute atomic E-state index is 12.1. The average Bonchev–Trinajstić information content (AvgIpc) is 3.26. The van der Waals surface area contributed by atoms with Crippen LogP contribution in [0.1, 0.15) is 43.4 Å². The van der Waals surface area contributed by atoms with Gasteiger partial charge in [-0.3, -0.25) is 9.78 Å². The van der Waals surface area contributed by atoms with E-state index in [1.807, 2.05) is 44.0 Å². The minimum absolute atomic E-state index is 0.242. The van der Waals surface area contributed by atoms with E-state index in [1.54, 1.807) is 7.11 Å². The molecule has 182 valence electrons. The quantitative estimate of drug-likeness (QED) is 0.425. The third-order valence-corrected chi connectivity index (χ3v) is 7.29. The fraction of sp³-hybridized carbons (Fsp3) is 0.519. The molecule has 1 aliphatic heterocycles. The van der Waals surface area contributed by atoms with Gasteiger partial charge in [0, 0.05) is 37.1 Å². The van der Waals surface area contributed by atoms with Crippen molar-refractivity contribution in [1.82, 2.24) is 19.4 Å². The second-order valence-corrected chi connectivity index (χ2v) is 9.49. The van der Waals surface area contributed by atoms with E-state index in [0.29, 0.717) is 6.54 Å². The van der Waals surface area contributed by atoms with E-state index in [-0.39, 0.29) is 11.8 Å². The Labute approximate surface area is 201 Å². The Bertz CT molecular complexity index is 1100. The number of ether oxygens (including phenoxy) is 1. The summed E-state index contributed by atoms with van der Waals surface area (Å²) in [5.74, 6) is 0.148. The van der Waals surface area contributed by atoms with Crippen LogP contribution in [-0.4, -0.2) is 57.3 Å². The van der Waals surface area contributed by atoms with E-state index in [0.717, 1.165) is 74.7 Å². The van der Waals surface area contributed by atoms with Crippen LogP contribution in [0.3, 0.4) is 0 Å². The Morgan fingerprint density at radius 3 is 2.85 bits per heavy atom. The van der Waals surface area contributed by atoms with Gasteiger partial charge in [-0.2, -0.15) is 0 Å². The van der Waals surface area contributed by atoms with Crippen molar-refractivity contribution in [3.05, 3.63) is 54.2 Å². The van der Waals surface area contributed by atoms with E-state index in [9.17, 15) is 9.90 Å². The van der Waals surface area contributed by atoms with Gasteiger partial charge in [-0.15, -0.1) is 0 Å². The molecule has 0 amide bonds. The Morgan fingerprint density at radius 1 is 1.21 bits per heavy atom. The number of aryl methyl sites for hydroxylation is 3. The van der Waals surface area contributed by atoms with E-state index in [1.165, 1.54) is 11.3 Å². The van der Waals surface area contributed by atoms with Gasteiger partial charge in [-0.25, -0.2) is 4.98 Å². The second-order valence-electron chi connectivity index (χ2n) is 9.49. The minimum Gasteiger partial charge on any atom is -0.497 e. The zero-order valence-corrected chi connectivity index (χ0v) is 20.3. The Balaban J connectivity index is 1.26. The summed E-state index contributed by atoms with van der Waals surface area (Å²) in [6, 6.07) is 8.04. The number of piperidine rings is 1. The Morgan fingerprint density at radius 2 is 2.09 bits per heavy atom. The van der Waals surface area contributed by atoms with Crippen LogP contribution in [0.25, 0.3) is 10.9 Å². The predicted octanol–water partition coefficient (Wildman–Crippen LogP) is 4.35. The maximum Gasteiger partial charge on any atom is 0.308 e. The summed E-state index contributed by atoms with van der Waals surface area (Å²) >= 11 is 0. The van der Waals surface area contributed by atoms with Crippen LogP contribution in [0.5, 0.6) is 5.75 Å². The van der Waals surface area contributed by atoms with Gasteiger partial charge < -0.3 is 19.3 Å². The highest BCUT2D eigenvalue weighted by molar-refractivity contribution is 5.83. The average molecular weight is 465 g/mol. The zero-order valence-electron chi connectivity index (χ0n) is 20.3. The first kappa shape index (κ1) is 24.2. The summed E-state index contributed by atoms with van der Waals surface area (Å²) in [4.78, 5) is 23.0. The number of rotatable bonds is 11. The lowest BCUT2D eigenvalue weighted by Crippen LogP contribution is -2.44. The SMILES string of the molecule is COc1ccc2nccc(CCC[C@@H]3CCN(CCCCc4cncn4C)C[C@@H]3C(=O)O)c2c1. The zero-order chi connectivity index (χ0) is 23.9. The molecule has 1 aromatic carbocycles. The number of aromatic nitrogens is 3. The van der Waals surface area contributed by atoms with Gasteiger partial charge in [-0.1, -0.05) is 0 Å². The Kier molecular flexibility index (Phi) is 8.16. The summed E-state index contributed by atoms with van der Waals surface area (Å²) in [6.07, 6.45) is 12.6. The van der Waals surface area contributed by atoms with Gasteiger partial charge in [0.25, 0.3) is 0 Å². The number of hydrogen-bond acceptors (Lipinski definition) is 5. The number of nitrogens with zero attached hydrogens (tertiary/aromatic N) is 4. The fourth-order valence-corrected chi connectivity index (χ4v) is 5.25. The lowest BCUT2D eigenvalue weighted by molar-refractivity contribution is -0.146. The van der Waals surface area contributed by atoms with Crippen molar-refractivity contribution in [2.45, 2.75) is 44.9 Å². The number of benzene rings is 1. The summed E-state index contributed by atoms with van der Waals surface area (Å²) < 4.78 is 7.45. The summed E-state index contributed by atoms with van der Waals surface area (Å²) in [6.45, 7) is 2.63. The lowest BCUT2D eigenvalue weighted by Gasteiger charge is -2.36. The number of carboxylic acids is 1. The number of fused-ring (bicyclic) bond motifs is 1. The van der Waals surface area contributed by atoms with Crippen LogP contribution in [0, 0.1) is 11.8 Å². The molecule has 0 aliphatic carbocycles. The topological polar surface area (TPSA) is 80.5 Å². The summed E-state index contributed by atoms with van der Waals surface area (Å²) in [5, 5.41) is 11.0. The first-order valence-electron chi connectivity index (χ1n) is 12.4. The molecule has 0 bridgehead atoms. The van der Waals surface area contributed by atoms with Gasteiger partial charge in [0.15, 0.2) is 0 Å². The van der Waals surface area contributed by atoms with Crippen molar-refractivity contribution in [1.29, 1.82) is 0 Å². The highest BCUT2D eigenvalue weighted by Crippen LogP contribution is 2.30. The number of unbranched alkanes of at least 4 members (excludes halogenated alkanes) is 1. The number of hydrogen-bond donors (Lipinski definition) is 1. The standard InChI is InChI=1S/C27H36N4O3/c1-30-19-28-17-22(30)8-3-4-14-31-15-12-21(25(18-31)27(32)33)7-5-6-20-11-13-29-26-10-9-23(34-2)16-24(20)26/h9-11,13,16-17,19,21,25H,3-8,12,14-15,18H2,1-2H3,(H,32,33)/t21-,25+/m1/s1. The number of carbonyl (C=O) groups is 1. The van der Waals surface area contributed by atoms with Crippen LogP contribution in [-0.2, 0) is 24.7 Å². The molecule has 7 heteroatoms. The largest absolute Gasteiger partial charge is 0.497 e. The van der Waals surface area contributed by atoms with E-state index in [4.69, 9.17) is 4.74 Å². The van der Waals surface area contributed by atoms with Gasteiger partial charge in [0.1, 0.15) is 5.75 Å². The van der Waals surface area contributed by atoms with Crippen molar-refractivity contribution < 1.29 is 14.6 Å². The smallest absolute Gasteiger partial charge is 0.308 e. The van der Waals surface area contributed by atoms with E-state index < -0.39 is 5.97 Å². The highest BCUT2D eigenvalue weighted by Gasteiger charge is 2.33. The number of likely N-dealkylation sites (tertiary alicyclic amines) is 1. The van der Waals surface area contributed by atoms with Crippen LogP contribution < -0.4 is 4.74 Å². The number of aliphatic carboxylic acids is 1. The van der Waals surface area contributed by atoms with Gasteiger partial charge in [-0.05, 0) is 93.8 Å². The van der Waals surface area contributed by atoms with Crippen molar-refractivity contribution in [2.75, 3.05) is 26.7 Å². The molecule has 4 rings (SSSR count). The minimum atomic E-state index is -0.649. The normalized spacial score (nSPS) is 18.9. The molecule has 0 unspecified atom stereocenters. The number of carboxylic acid groups (broad SMARTS) is 1. The number of imidazole rings is 1. The molecule has 3 heterocycles. The van der Waals surface area contributed by atoms with Crippen molar-refractivity contribution in [3.63, 3.8) is 0 Å². The molecule has 1 fully saturated rings. The molecule has 1 N–H and O–H groups in total. The third kappa shape index (κ3) is 5.95. The molecule has 1 aliphatic rings. The molecular weight excluding hydrogens is 428 g/mol. The van der Waals surface area contributed by atoms with Crippen LogP contribution in [0.15, 0.2) is 43.0 Å². The molecular formula is C27H36N4O3. The van der Waals surface area contributed by atoms with Crippen molar-refractivity contribution >= 4 is 16.9 Å². The molecule has 3 aromatic rings. The van der Waals surface area contributed by atoms with Crippen LogP contribution in [0.4, 0.5) is 0 Å². The van der Waals surface area contributed by atoms with Gasteiger partial charge in [0.05, 0.1) is 24.9 Å². The monoisotopic (exact) mass is 464 g/mol. The second kappa shape index (κ2) is 11.5. The molecule has 7 nitrogen and oxygen atoms in total. The first-order valence-corrected chi connectivity index (χ1v) is 12.4. The molecule has 2 aromatic heterocycles. The summed E-state index contributed by atoms with van der Waals surface area (Å²) in [5.41, 5.74) is 3.47. The molecule has 0 spiro atoms. The van der Waals surface area contributed by atoms with Crippen molar-refractivity contribution in [2.24, 2.45) is 18.9 Å². The van der Waals surface area contributed by atoms with Gasteiger partial charge in [0.2, 0.25) is 0 Å². The maximum atomic E-state index is 12.1. The van der Waals surface area contributed by atoms with E-state index >= 15 is 0 Å². The van der Waals surface area contributed by atoms with E-state index in [2.05, 4.69) is 25.5 Å². The molecule has 34 heavy (non-hydrogen) atoms. The number of pyridine rings is 1. The Hall–Kier alpha value is -2.93. The number of methoxy groups -OCH3 is 1. The lowest BCUT2D eigenvalue weighted by atomic mass is 9.81. The first-order chi connectivity index (χ1) is 16.5. The highest BCUT2D eigenvalue weighted by atomic mass is 16.5. The summed E-state index contributed by atoms with van der Waals surface area (Å²) in [7, 11) is 3.70. The molecule has 2 atom stereocenters. The van der Waals surface area contributed by atoms with Crippen LogP contribution in [0.2, 0.25) is 0 Å². The predicted molar refractivity (Wildman–Crippen MR) is 133 cm³/mol. The fourth-order valence-electron chi connectivity index (χ4n) is 5.25. The molecule has 0 saturated carbocycles. The van der Waals surface area contributed by atoms with Crippen LogP contribution >= 0.6 is 0 Å². The molecule has 0 radical (unpaired) electrons.